The van der Waals surface area contributed by atoms with E-state index < -0.39 is 10.8 Å². The summed E-state index contributed by atoms with van der Waals surface area (Å²) in [6.07, 6.45) is 0. The van der Waals surface area contributed by atoms with E-state index in [9.17, 15) is 4.79 Å². The van der Waals surface area contributed by atoms with Crippen LogP contribution in [0.15, 0.2) is 18.2 Å². The van der Waals surface area contributed by atoms with Gasteiger partial charge in [0.1, 0.15) is 0 Å². The van der Waals surface area contributed by atoms with Gasteiger partial charge in [-0.25, -0.2) is 14.3 Å². The summed E-state index contributed by atoms with van der Waals surface area (Å²) in [5, 5.41) is 12.8. The first kappa shape index (κ1) is 10.2. The van der Waals surface area contributed by atoms with Gasteiger partial charge in [-0.2, -0.15) is 0 Å². The predicted octanol–water partition coefficient (Wildman–Crippen LogP) is 1.90. The fraction of sp³-hybridized carbons (Fsp3) is 0.125. The molecular weight excluding hydrogens is 241 g/mol. The number of pyridine rings is 1. The lowest BCUT2D eigenvalue weighted by atomic mass is 10.3. The van der Waals surface area contributed by atoms with E-state index in [0.717, 1.165) is 0 Å². The van der Waals surface area contributed by atoms with Crippen LogP contribution in [0.1, 0.15) is 21.1 Å². The molecular formula is C8H5Cl2N3O2. The van der Waals surface area contributed by atoms with Crippen molar-refractivity contribution >= 4 is 34.8 Å². The molecule has 0 aliphatic rings. The van der Waals surface area contributed by atoms with Crippen LogP contribution in [0, 0.1) is 0 Å². The quantitative estimate of drug-likeness (QED) is 0.821. The molecule has 0 unspecified atom stereocenters. The molecule has 0 aliphatic carbocycles. The molecule has 2 aromatic heterocycles. The zero-order valence-corrected chi connectivity index (χ0v) is 8.77. The number of aromatic carboxylic acids is 1. The number of fused-ring (bicyclic) bond motifs is 1. The first-order chi connectivity index (χ1) is 7.09. The summed E-state index contributed by atoms with van der Waals surface area (Å²) in [7, 11) is 0. The second-order valence-electron chi connectivity index (χ2n) is 2.76. The fourth-order valence-corrected chi connectivity index (χ4v) is 1.36. The summed E-state index contributed by atoms with van der Waals surface area (Å²) in [5.74, 6) is -0.898. The molecule has 2 heterocycles. The number of hydrogen-bond donors (Lipinski definition) is 1. The van der Waals surface area contributed by atoms with E-state index in [1.807, 2.05) is 0 Å². The Kier molecular flexibility index (Phi) is 2.50. The van der Waals surface area contributed by atoms with E-state index in [1.54, 1.807) is 12.1 Å². The monoisotopic (exact) mass is 245 g/mol. The minimum atomic E-state index is -1.09. The molecule has 78 valence electrons. The summed E-state index contributed by atoms with van der Waals surface area (Å²) >= 11 is 11.2. The van der Waals surface area contributed by atoms with Crippen LogP contribution < -0.4 is 0 Å². The van der Waals surface area contributed by atoms with Crippen molar-refractivity contribution < 1.29 is 9.90 Å². The molecule has 0 bridgehead atoms. The average molecular weight is 246 g/mol. The van der Waals surface area contributed by atoms with Gasteiger partial charge in [0.15, 0.2) is 22.0 Å². The Hall–Kier alpha value is -1.33. The van der Waals surface area contributed by atoms with Crippen molar-refractivity contribution in [1.29, 1.82) is 0 Å². The first-order valence-corrected chi connectivity index (χ1v) is 4.84. The Morgan fingerprint density at radius 1 is 1.47 bits per heavy atom. The van der Waals surface area contributed by atoms with E-state index in [-0.39, 0.29) is 11.5 Å². The third-order valence-corrected chi connectivity index (χ3v) is 2.18. The highest BCUT2D eigenvalue weighted by Gasteiger charge is 2.15. The van der Waals surface area contributed by atoms with Crippen LogP contribution in [0.3, 0.4) is 0 Å². The number of rotatable bonds is 2. The fourth-order valence-electron chi connectivity index (χ4n) is 1.18. The largest absolute Gasteiger partial charge is 0.477 e. The number of alkyl halides is 2. The van der Waals surface area contributed by atoms with Crippen molar-refractivity contribution in [1.82, 2.24) is 14.6 Å². The standard InChI is InChI=1S/C8H5Cl2N3O2/c9-6(10)7-11-5-3-1-2-4(8(14)15)13(5)12-7/h1-3,6H,(H,14,15). The molecule has 5 nitrogen and oxygen atoms in total. The van der Waals surface area contributed by atoms with E-state index >= 15 is 0 Å². The van der Waals surface area contributed by atoms with E-state index in [1.165, 1.54) is 10.6 Å². The molecule has 0 fully saturated rings. The van der Waals surface area contributed by atoms with Gasteiger partial charge in [0, 0.05) is 0 Å². The number of halogens is 2. The molecule has 0 saturated heterocycles. The topological polar surface area (TPSA) is 67.5 Å². The Bertz CT molecular complexity index is 524. The molecule has 15 heavy (non-hydrogen) atoms. The van der Waals surface area contributed by atoms with Crippen molar-refractivity contribution in [2.45, 2.75) is 4.84 Å². The van der Waals surface area contributed by atoms with Crippen molar-refractivity contribution in [2.75, 3.05) is 0 Å². The van der Waals surface area contributed by atoms with Crippen molar-refractivity contribution in [2.24, 2.45) is 0 Å². The number of carboxylic acid groups (broad SMARTS) is 1. The Balaban J connectivity index is 2.70. The van der Waals surface area contributed by atoms with E-state index in [4.69, 9.17) is 28.3 Å². The molecule has 1 N–H and O–H groups in total. The number of carbonyl (C=O) groups is 1. The summed E-state index contributed by atoms with van der Waals surface area (Å²) in [5.41, 5.74) is 0.413. The zero-order valence-electron chi connectivity index (χ0n) is 7.26. The molecule has 0 saturated carbocycles. The molecule has 0 aromatic carbocycles. The molecule has 0 aliphatic heterocycles. The van der Waals surface area contributed by atoms with Crippen molar-refractivity contribution in [3.05, 3.63) is 29.7 Å². The van der Waals surface area contributed by atoms with Crippen LogP contribution in [-0.2, 0) is 0 Å². The number of carboxylic acids is 1. The number of nitrogens with zero attached hydrogens (tertiary/aromatic N) is 3. The zero-order chi connectivity index (χ0) is 11.0. The lowest BCUT2D eigenvalue weighted by Crippen LogP contribution is -2.05. The minimum absolute atomic E-state index is 0.0141. The smallest absolute Gasteiger partial charge is 0.354 e. The molecule has 2 rings (SSSR count). The van der Waals surface area contributed by atoms with Crippen LogP contribution in [0.2, 0.25) is 0 Å². The van der Waals surface area contributed by atoms with Gasteiger partial charge >= 0.3 is 5.97 Å². The normalized spacial score (nSPS) is 11.1. The maximum atomic E-state index is 10.8. The van der Waals surface area contributed by atoms with Crippen molar-refractivity contribution in [3.63, 3.8) is 0 Å². The highest BCUT2D eigenvalue weighted by atomic mass is 35.5. The van der Waals surface area contributed by atoms with Crippen LogP contribution in [-0.4, -0.2) is 25.7 Å². The third kappa shape index (κ3) is 1.75. The van der Waals surface area contributed by atoms with Gasteiger partial charge in [-0.1, -0.05) is 29.3 Å². The van der Waals surface area contributed by atoms with Gasteiger partial charge in [-0.3, -0.25) is 0 Å². The maximum absolute atomic E-state index is 10.8. The molecule has 0 radical (unpaired) electrons. The second-order valence-corrected chi connectivity index (χ2v) is 3.85. The predicted molar refractivity (Wildman–Crippen MR) is 54.4 cm³/mol. The average Bonchev–Trinajstić information content (AvgIpc) is 2.60. The van der Waals surface area contributed by atoms with Gasteiger partial charge < -0.3 is 5.11 Å². The molecule has 0 atom stereocenters. The highest BCUT2D eigenvalue weighted by molar-refractivity contribution is 6.43. The summed E-state index contributed by atoms with van der Waals surface area (Å²) in [6.45, 7) is 0. The number of hydrogen-bond acceptors (Lipinski definition) is 3. The van der Waals surface area contributed by atoms with Crippen LogP contribution in [0.5, 0.6) is 0 Å². The molecule has 7 heteroatoms. The van der Waals surface area contributed by atoms with Crippen LogP contribution >= 0.6 is 23.2 Å². The third-order valence-electron chi connectivity index (χ3n) is 1.79. The van der Waals surface area contributed by atoms with Gasteiger partial charge in [0.2, 0.25) is 0 Å². The second kappa shape index (κ2) is 3.67. The summed E-state index contributed by atoms with van der Waals surface area (Å²) in [6, 6.07) is 4.62. The minimum Gasteiger partial charge on any atom is -0.477 e. The molecule has 0 spiro atoms. The van der Waals surface area contributed by atoms with Crippen LogP contribution in [0.25, 0.3) is 5.65 Å². The Morgan fingerprint density at radius 2 is 2.20 bits per heavy atom. The van der Waals surface area contributed by atoms with Gasteiger partial charge in [0.05, 0.1) is 0 Å². The first-order valence-electron chi connectivity index (χ1n) is 3.96. The van der Waals surface area contributed by atoms with Crippen LogP contribution in [0.4, 0.5) is 0 Å². The highest BCUT2D eigenvalue weighted by Crippen LogP contribution is 2.21. The lowest BCUT2D eigenvalue weighted by molar-refractivity contribution is 0.0687. The Morgan fingerprint density at radius 3 is 2.80 bits per heavy atom. The number of aromatic nitrogens is 3. The van der Waals surface area contributed by atoms with Gasteiger partial charge in [-0.05, 0) is 12.1 Å². The van der Waals surface area contributed by atoms with Gasteiger partial charge in [0.25, 0.3) is 0 Å². The molecule has 0 amide bonds. The maximum Gasteiger partial charge on any atom is 0.354 e. The summed E-state index contributed by atoms with van der Waals surface area (Å²) in [4.78, 5) is 14.0. The Labute approximate surface area is 94.2 Å². The SMILES string of the molecule is O=C(O)c1cccc2nc(C(Cl)Cl)nn12. The lowest BCUT2D eigenvalue weighted by Gasteiger charge is -1.96. The van der Waals surface area contributed by atoms with Crippen molar-refractivity contribution in [3.8, 4) is 0 Å². The summed E-state index contributed by atoms with van der Waals surface area (Å²) < 4.78 is 1.19. The van der Waals surface area contributed by atoms with E-state index in [2.05, 4.69) is 10.1 Å². The molecule has 2 aromatic rings. The van der Waals surface area contributed by atoms with Gasteiger partial charge in [-0.15, -0.1) is 5.10 Å². The van der Waals surface area contributed by atoms with E-state index in [0.29, 0.717) is 5.65 Å².